The van der Waals surface area contributed by atoms with E-state index in [1.165, 1.54) is 52.3 Å². The third-order valence-corrected chi connectivity index (χ3v) is 15.7. The normalized spacial score (nSPS) is 17.3. The van der Waals surface area contributed by atoms with Gasteiger partial charge in [-0.2, -0.15) is 0 Å². The molecule has 4 aromatic rings. The molecule has 4 aliphatic rings. The van der Waals surface area contributed by atoms with Gasteiger partial charge in [0.2, 0.25) is 19.9 Å². The second kappa shape index (κ2) is 33.4. The molecule has 2 aliphatic carbocycles. The van der Waals surface area contributed by atoms with Crippen LogP contribution in [0.15, 0.2) is 99.6 Å². The first-order valence-corrected chi connectivity index (χ1v) is 29.4. The number of hydrogen-bond acceptors (Lipinski definition) is 20. The van der Waals surface area contributed by atoms with Crippen molar-refractivity contribution in [2.45, 2.75) is 116 Å². The molecule has 4 fully saturated rings. The summed E-state index contributed by atoms with van der Waals surface area (Å²) >= 11 is 13.0. The average molecular weight is 1300 g/mol. The van der Waals surface area contributed by atoms with E-state index in [-0.39, 0.29) is 56.2 Å². The van der Waals surface area contributed by atoms with Crippen molar-refractivity contribution in [3.63, 3.8) is 0 Å². The molecule has 2 aliphatic heterocycles. The molecule has 1 unspecified atom stereocenters. The van der Waals surface area contributed by atoms with Crippen molar-refractivity contribution in [2.24, 2.45) is 15.6 Å². The summed E-state index contributed by atoms with van der Waals surface area (Å²) in [6.07, 6.45) is 7.50. The van der Waals surface area contributed by atoms with Gasteiger partial charge in [-0.3, -0.25) is 19.3 Å². The highest BCUT2D eigenvalue weighted by atomic mass is 35.5. The third-order valence-electron chi connectivity index (χ3n) is 14.3. The number of aromatic amines is 1. The Morgan fingerprint density at radius 3 is 2.07 bits per heavy atom. The summed E-state index contributed by atoms with van der Waals surface area (Å²) in [5.74, 6) is -1.05. The molecule has 30 nitrogen and oxygen atoms in total. The van der Waals surface area contributed by atoms with Crippen LogP contribution in [0.25, 0.3) is 4.85 Å². The van der Waals surface area contributed by atoms with E-state index < -0.39 is 71.0 Å². The molecule has 2 saturated carbocycles. The van der Waals surface area contributed by atoms with Gasteiger partial charge >= 0.3 is 36.2 Å². The molecule has 5 heterocycles. The zero-order chi connectivity index (χ0) is 64.7. The van der Waals surface area contributed by atoms with E-state index in [1.807, 2.05) is 49.4 Å². The number of thiophene rings is 1. The number of aromatic nitrogens is 1. The minimum atomic E-state index is -1.18. The van der Waals surface area contributed by atoms with Gasteiger partial charge in [0.25, 0.3) is 11.9 Å². The topological polar surface area (TPSA) is 331 Å². The highest BCUT2D eigenvalue weighted by Gasteiger charge is 2.45. The zero-order valence-electron chi connectivity index (χ0n) is 49.4. The van der Waals surface area contributed by atoms with Crippen LogP contribution in [0.5, 0.6) is 0 Å². The molecular weight excluding hydrogens is 1230 g/mol. The molecule has 0 bridgehead atoms. The maximum atomic E-state index is 13.0. The van der Waals surface area contributed by atoms with Gasteiger partial charge in [0.1, 0.15) is 35.2 Å². The van der Waals surface area contributed by atoms with Gasteiger partial charge < -0.3 is 57.3 Å². The first-order chi connectivity index (χ1) is 42.5. The Labute approximate surface area is 525 Å². The Balaban J connectivity index is 0.000000215. The lowest BCUT2D eigenvalue weighted by Crippen LogP contribution is -2.54. The lowest BCUT2D eigenvalue weighted by molar-refractivity contribution is -0.486. The van der Waals surface area contributed by atoms with Gasteiger partial charge in [-0.25, -0.2) is 49.3 Å². The summed E-state index contributed by atoms with van der Waals surface area (Å²) in [6.45, 7) is 11.6. The molecule has 0 radical (unpaired) electrons. The molecule has 0 spiro atoms. The molecule has 8 rings (SSSR count). The second-order valence-electron chi connectivity index (χ2n) is 20.7. The van der Waals surface area contributed by atoms with Gasteiger partial charge in [0.15, 0.2) is 21.5 Å². The molecule has 480 valence electrons. The Morgan fingerprint density at radius 1 is 0.787 bits per heavy atom. The quantitative estimate of drug-likeness (QED) is 0.0228. The predicted octanol–water partition coefficient (Wildman–Crippen LogP) is 9.89. The van der Waals surface area contributed by atoms with Crippen LogP contribution in [0.4, 0.5) is 14.4 Å². The Kier molecular flexibility index (Phi) is 25.9. The van der Waals surface area contributed by atoms with Crippen LogP contribution in [0.1, 0.15) is 107 Å². The van der Waals surface area contributed by atoms with E-state index in [0.717, 1.165) is 65.0 Å². The Hall–Kier alpha value is -8.99. The number of carbonyl (C=O) groups excluding carboxylic acids is 6. The standard InChI is InChI=1S/C24H28N4O4.C19H25ClN4O7S.C13H15ClN4O7/c1-25-16-21(27(2)17-20-12-9-15-26-20)28(3)23(30)32-18-31-22(29)24(13-7-8-14-24)19-10-5-4-6-11-19;1-13(30-16(25)19(2)8-4-3-5-9-19)31-18(26)23-12-29-11-22(17(23)21-24(27)28)10-14-6-7-15(20)32-14;1-9(19)23-8-24-13(20)17-6-2-5-16(12(17)15-18(21)22)7-10-3-4-11(14)25-10/h4-6,9-12,15-16,26H,7-8,13-14,17-18H2,2-3H3;6-7,13H,3-5,8-12H2,1-2H3;3-4H,2,5-8H2,1H3/b21-16+;21-17-;15-12-. The molecule has 3 amide bonds. The maximum absolute atomic E-state index is 13.0. The Bertz CT molecular complexity index is 3220. The summed E-state index contributed by atoms with van der Waals surface area (Å²) in [7, 11) is 3.28. The van der Waals surface area contributed by atoms with Crippen LogP contribution in [0.3, 0.4) is 0 Å². The summed E-state index contributed by atoms with van der Waals surface area (Å²) in [5, 5.41) is 26.9. The first kappa shape index (κ1) is 69.1. The number of furan rings is 1. The third kappa shape index (κ3) is 20.3. The van der Waals surface area contributed by atoms with E-state index in [1.54, 1.807) is 36.3 Å². The molecule has 1 N–H and O–H groups in total. The number of hydrogen-bond donors (Lipinski definition) is 1. The first-order valence-electron chi connectivity index (χ1n) is 27.8. The van der Waals surface area contributed by atoms with Crippen LogP contribution in [0, 0.1) is 32.2 Å². The van der Waals surface area contributed by atoms with E-state index in [0.29, 0.717) is 61.1 Å². The van der Waals surface area contributed by atoms with Gasteiger partial charge in [-0.15, -0.1) is 11.3 Å². The van der Waals surface area contributed by atoms with Crippen molar-refractivity contribution in [1.29, 1.82) is 0 Å². The van der Waals surface area contributed by atoms with Crippen LogP contribution in [-0.4, -0.2) is 153 Å². The number of hydrazone groups is 2. The molecule has 2 saturated heterocycles. The molecule has 3 aromatic heterocycles. The summed E-state index contributed by atoms with van der Waals surface area (Å²) in [5.41, 5.74) is 0.566. The van der Waals surface area contributed by atoms with Crippen molar-refractivity contribution in [3.8, 4) is 0 Å². The number of rotatable bonds is 19. The predicted molar refractivity (Wildman–Crippen MR) is 317 cm³/mol. The number of nitro groups is 2. The van der Waals surface area contributed by atoms with Gasteiger partial charge in [-0.1, -0.05) is 74.0 Å². The van der Waals surface area contributed by atoms with Crippen molar-refractivity contribution >= 4 is 82.6 Å². The number of halogens is 2. The molecule has 89 heavy (non-hydrogen) atoms. The van der Waals surface area contributed by atoms with Crippen molar-refractivity contribution in [2.75, 3.05) is 54.2 Å². The smallest absolute Gasteiger partial charge is 0.421 e. The number of ether oxygens (including phenoxy) is 7. The van der Waals surface area contributed by atoms with Crippen molar-refractivity contribution < 1.29 is 76.4 Å². The van der Waals surface area contributed by atoms with Crippen molar-refractivity contribution in [1.82, 2.24) is 34.4 Å². The second-order valence-corrected chi connectivity index (χ2v) is 22.9. The van der Waals surface area contributed by atoms with Gasteiger partial charge in [-0.05, 0) is 92.6 Å². The van der Waals surface area contributed by atoms with E-state index in [2.05, 4.69) is 24.8 Å². The maximum Gasteiger partial charge on any atom is 0.421 e. The monoisotopic (exact) mass is 1300 g/mol. The van der Waals surface area contributed by atoms with E-state index >= 15 is 0 Å². The fourth-order valence-electron chi connectivity index (χ4n) is 9.93. The molecule has 33 heteroatoms. The highest BCUT2D eigenvalue weighted by molar-refractivity contribution is 7.16. The number of nitrogens with zero attached hydrogens (tertiary/aromatic N) is 11. The summed E-state index contributed by atoms with van der Waals surface area (Å²) in [6, 6.07) is 20.0. The molecule has 1 atom stereocenters. The fraction of sp³-hybridized carbons (Fsp3) is 0.482. The summed E-state index contributed by atoms with van der Waals surface area (Å²) in [4.78, 5) is 110. The number of esters is 3. The van der Waals surface area contributed by atoms with Crippen LogP contribution < -0.4 is 0 Å². The van der Waals surface area contributed by atoms with Crippen molar-refractivity contribution in [3.05, 3.63) is 148 Å². The minimum Gasteiger partial charge on any atom is -0.448 e. The lowest BCUT2D eigenvalue weighted by Gasteiger charge is -2.35. The average Bonchev–Trinajstić information content (AvgIpc) is 3.04. The number of H-pyrrole nitrogens is 1. The number of carbonyl (C=O) groups is 6. The number of nitrogens with one attached hydrogen (secondary N) is 1. The number of benzene rings is 1. The van der Waals surface area contributed by atoms with Crippen LogP contribution in [-0.2, 0) is 72.6 Å². The van der Waals surface area contributed by atoms with Crippen LogP contribution in [0.2, 0.25) is 9.56 Å². The van der Waals surface area contributed by atoms with Crippen LogP contribution >= 0.6 is 34.5 Å². The Morgan fingerprint density at radius 2 is 1.46 bits per heavy atom. The van der Waals surface area contributed by atoms with Gasteiger partial charge in [0.05, 0.1) is 41.4 Å². The number of amides is 3. The minimum absolute atomic E-state index is 0.0190. The largest absolute Gasteiger partial charge is 0.448 e. The molecular formula is C56H68Cl2N12O18S. The lowest BCUT2D eigenvalue weighted by atomic mass is 9.76. The van der Waals surface area contributed by atoms with Gasteiger partial charge in [0, 0.05) is 57.8 Å². The highest BCUT2D eigenvalue weighted by Crippen LogP contribution is 2.42. The van der Waals surface area contributed by atoms with E-state index in [9.17, 15) is 49.0 Å². The summed E-state index contributed by atoms with van der Waals surface area (Å²) < 4.78 is 41.6. The van der Waals surface area contributed by atoms with E-state index in [4.69, 9.17) is 62.6 Å². The zero-order valence-corrected chi connectivity index (χ0v) is 51.8. The number of guanidine groups is 2. The SMILES string of the molecule is CC(=O)OCOC(=O)N1CCCN(Cc2ccc(Cl)o2)/C1=N/[N+](=O)[O-].CC(OC(=O)N1COCN(Cc2ccc(Cl)s2)/C1=N/[N+](=O)[O-])OC(=O)C1(C)CCCCC1.[C-]#[N+]/C=C(\N(C)Cc1ccc[nH]1)N(C)C(=O)OCOC(=O)C1(c2ccccc2)CCCC1. The fourth-order valence-corrected chi connectivity index (χ4v) is 11.2. The molecule has 1 aromatic carbocycles.